The molecule has 0 fully saturated rings. The zero-order chi connectivity index (χ0) is 18.5. The van der Waals surface area contributed by atoms with Crippen LogP contribution >= 0.6 is 11.3 Å². The molecule has 3 aromatic rings. The molecule has 0 radical (unpaired) electrons. The molecular formula is C18H19FN4O2S. The molecule has 2 aromatic heterocycles. The molecule has 2 atom stereocenters. The van der Waals surface area contributed by atoms with Crippen molar-refractivity contribution < 1.29 is 14.3 Å². The smallest absolute Gasteiger partial charge is 0.273 e. The first-order valence-electron chi connectivity index (χ1n) is 8.25. The molecule has 3 rings (SSSR count). The van der Waals surface area contributed by atoms with Crippen LogP contribution in [0.15, 0.2) is 48.0 Å². The second-order valence-corrected chi connectivity index (χ2v) is 6.79. The second kappa shape index (κ2) is 8.20. The van der Waals surface area contributed by atoms with Crippen LogP contribution in [-0.2, 0) is 6.54 Å². The van der Waals surface area contributed by atoms with Gasteiger partial charge >= 0.3 is 0 Å². The van der Waals surface area contributed by atoms with E-state index in [0.29, 0.717) is 0 Å². The fourth-order valence-electron chi connectivity index (χ4n) is 2.61. The highest BCUT2D eigenvalue weighted by Gasteiger charge is 2.19. The number of nitrogens with one attached hydrogen (secondary N) is 1. The van der Waals surface area contributed by atoms with Gasteiger partial charge in [-0.2, -0.15) is 0 Å². The van der Waals surface area contributed by atoms with Gasteiger partial charge in [-0.1, -0.05) is 36.4 Å². The van der Waals surface area contributed by atoms with Crippen molar-refractivity contribution in [2.24, 2.45) is 0 Å². The molecule has 136 valence electrons. The highest BCUT2D eigenvalue weighted by atomic mass is 32.1. The zero-order valence-electron chi connectivity index (χ0n) is 14.2. The number of nitrogens with zero attached hydrogens (tertiary/aromatic N) is 3. The Morgan fingerprint density at radius 3 is 2.85 bits per heavy atom. The van der Waals surface area contributed by atoms with Crippen molar-refractivity contribution in [1.29, 1.82) is 0 Å². The Kier molecular flexibility index (Phi) is 5.75. The predicted molar refractivity (Wildman–Crippen MR) is 96.2 cm³/mol. The fourth-order valence-corrected chi connectivity index (χ4v) is 3.47. The van der Waals surface area contributed by atoms with Crippen LogP contribution in [0.5, 0.6) is 0 Å². The standard InChI is InChI=1S/C18H19FN4O2S/c1-2-14(17-8-5-9-26-17)20-18(25)15-10-23(22-21-15)11-16(24)12-6-3-4-7-13(12)19/h3-10,14,16,24H,2,11H2,1H3,(H,20,25)/t14-,16-/m0/s1. The summed E-state index contributed by atoms with van der Waals surface area (Å²) in [5.74, 6) is -0.823. The third-order valence-corrected chi connectivity index (χ3v) is 4.98. The molecule has 0 aliphatic rings. The van der Waals surface area contributed by atoms with Crippen molar-refractivity contribution in [3.05, 3.63) is 69.9 Å². The summed E-state index contributed by atoms with van der Waals surface area (Å²) < 4.78 is 15.1. The summed E-state index contributed by atoms with van der Waals surface area (Å²) in [6, 6.07) is 9.83. The molecule has 0 unspecified atom stereocenters. The zero-order valence-corrected chi connectivity index (χ0v) is 15.0. The number of aliphatic hydroxyl groups excluding tert-OH is 1. The summed E-state index contributed by atoms with van der Waals surface area (Å²) in [6.07, 6.45) is 1.12. The molecule has 0 spiro atoms. The van der Waals surface area contributed by atoms with Crippen molar-refractivity contribution >= 4 is 17.2 Å². The van der Waals surface area contributed by atoms with Gasteiger partial charge in [0.15, 0.2) is 5.69 Å². The minimum Gasteiger partial charge on any atom is -0.386 e. The summed E-state index contributed by atoms with van der Waals surface area (Å²) >= 11 is 1.58. The molecule has 1 amide bonds. The van der Waals surface area contributed by atoms with E-state index in [4.69, 9.17) is 0 Å². The van der Waals surface area contributed by atoms with Gasteiger partial charge in [-0.25, -0.2) is 9.07 Å². The van der Waals surface area contributed by atoms with Crippen LogP contribution in [-0.4, -0.2) is 26.0 Å². The molecule has 6 nitrogen and oxygen atoms in total. The monoisotopic (exact) mass is 374 g/mol. The number of hydrogen-bond acceptors (Lipinski definition) is 5. The Labute approximate surface area is 154 Å². The minimum absolute atomic E-state index is 0.00332. The van der Waals surface area contributed by atoms with E-state index in [1.165, 1.54) is 23.0 Å². The van der Waals surface area contributed by atoms with Gasteiger partial charge in [0.05, 0.1) is 18.8 Å². The summed E-state index contributed by atoms with van der Waals surface area (Å²) in [5, 5.41) is 22.8. The van der Waals surface area contributed by atoms with E-state index in [-0.39, 0.29) is 29.8 Å². The van der Waals surface area contributed by atoms with Gasteiger partial charge in [-0.3, -0.25) is 4.79 Å². The molecule has 26 heavy (non-hydrogen) atoms. The van der Waals surface area contributed by atoms with Crippen molar-refractivity contribution in [3.8, 4) is 0 Å². The molecule has 8 heteroatoms. The van der Waals surface area contributed by atoms with Crippen LogP contribution in [0, 0.1) is 5.82 Å². The van der Waals surface area contributed by atoms with Crippen LogP contribution in [0.4, 0.5) is 4.39 Å². The summed E-state index contributed by atoms with van der Waals surface area (Å²) in [4.78, 5) is 13.5. The van der Waals surface area contributed by atoms with E-state index in [9.17, 15) is 14.3 Å². The van der Waals surface area contributed by atoms with E-state index in [0.717, 1.165) is 11.3 Å². The lowest BCUT2D eigenvalue weighted by Crippen LogP contribution is -2.27. The number of carbonyl (C=O) groups is 1. The Hall–Kier alpha value is -2.58. The average molecular weight is 374 g/mol. The van der Waals surface area contributed by atoms with Crippen LogP contribution < -0.4 is 5.32 Å². The predicted octanol–water partition coefficient (Wildman–Crippen LogP) is 3.09. The summed E-state index contributed by atoms with van der Waals surface area (Å²) in [7, 11) is 0. The quantitative estimate of drug-likeness (QED) is 0.666. The number of benzene rings is 1. The lowest BCUT2D eigenvalue weighted by atomic mass is 10.1. The van der Waals surface area contributed by atoms with Crippen molar-refractivity contribution in [3.63, 3.8) is 0 Å². The molecular weight excluding hydrogens is 355 g/mol. The Morgan fingerprint density at radius 1 is 1.35 bits per heavy atom. The third-order valence-electron chi connectivity index (χ3n) is 4.00. The topological polar surface area (TPSA) is 80.0 Å². The first kappa shape index (κ1) is 18.2. The van der Waals surface area contributed by atoms with Crippen LogP contribution in [0.1, 0.15) is 46.4 Å². The molecule has 0 saturated heterocycles. The molecule has 0 aliphatic carbocycles. The first-order valence-corrected chi connectivity index (χ1v) is 9.13. The van der Waals surface area contributed by atoms with Gasteiger partial charge in [0.2, 0.25) is 0 Å². The van der Waals surface area contributed by atoms with E-state index >= 15 is 0 Å². The first-order chi connectivity index (χ1) is 12.6. The number of amides is 1. The number of hydrogen-bond donors (Lipinski definition) is 2. The van der Waals surface area contributed by atoms with E-state index in [1.807, 2.05) is 24.4 Å². The maximum Gasteiger partial charge on any atom is 0.273 e. The fraction of sp³-hybridized carbons (Fsp3) is 0.278. The van der Waals surface area contributed by atoms with Crippen LogP contribution in [0.2, 0.25) is 0 Å². The van der Waals surface area contributed by atoms with Gasteiger partial charge < -0.3 is 10.4 Å². The van der Waals surface area contributed by atoms with Gasteiger partial charge in [0.25, 0.3) is 5.91 Å². The molecule has 0 aliphatic heterocycles. The largest absolute Gasteiger partial charge is 0.386 e. The van der Waals surface area contributed by atoms with Gasteiger partial charge in [0, 0.05) is 10.4 Å². The molecule has 0 saturated carbocycles. The minimum atomic E-state index is -1.08. The van der Waals surface area contributed by atoms with Gasteiger partial charge in [0.1, 0.15) is 11.9 Å². The van der Waals surface area contributed by atoms with Crippen molar-refractivity contribution in [2.75, 3.05) is 0 Å². The lowest BCUT2D eigenvalue weighted by molar-refractivity contribution is 0.0931. The van der Waals surface area contributed by atoms with Gasteiger partial charge in [-0.05, 0) is 23.9 Å². The highest BCUT2D eigenvalue weighted by Crippen LogP contribution is 2.22. The SMILES string of the molecule is CC[C@H](NC(=O)c1cn(C[C@H](O)c2ccccc2F)nn1)c1cccs1. The Bertz CT molecular complexity index is 866. The molecule has 0 bridgehead atoms. The third kappa shape index (κ3) is 4.14. The van der Waals surface area contributed by atoms with Crippen molar-refractivity contribution in [1.82, 2.24) is 20.3 Å². The molecule has 1 aromatic carbocycles. The summed E-state index contributed by atoms with van der Waals surface area (Å²) in [5.41, 5.74) is 0.332. The van der Waals surface area contributed by atoms with E-state index in [1.54, 1.807) is 23.5 Å². The number of aromatic nitrogens is 3. The second-order valence-electron chi connectivity index (χ2n) is 5.81. The number of thiophene rings is 1. The van der Waals surface area contributed by atoms with E-state index < -0.39 is 11.9 Å². The summed E-state index contributed by atoms with van der Waals surface area (Å²) in [6.45, 7) is 2.00. The average Bonchev–Trinajstić information content (AvgIpc) is 3.31. The van der Waals surface area contributed by atoms with Crippen molar-refractivity contribution in [2.45, 2.75) is 32.0 Å². The Balaban J connectivity index is 1.65. The lowest BCUT2D eigenvalue weighted by Gasteiger charge is -2.14. The highest BCUT2D eigenvalue weighted by molar-refractivity contribution is 7.10. The molecule has 2 N–H and O–H groups in total. The number of aliphatic hydroxyl groups is 1. The number of rotatable bonds is 7. The number of carbonyl (C=O) groups excluding carboxylic acids is 1. The Morgan fingerprint density at radius 2 is 2.15 bits per heavy atom. The van der Waals surface area contributed by atoms with Crippen LogP contribution in [0.25, 0.3) is 0 Å². The number of halogens is 1. The van der Waals surface area contributed by atoms with Gasteiger partial charge in [-0.15, -0.1) is 16.4 Å². The maximum absolute atomic E-state index is 13.7. The maximum atomic E-state index is 13.7. The van der Waals surface area contributed by atoms with E-state index in [2.05, 4.69) is 15.6 Å². The van der Waals surface area contributed by atoms with Crippen LogP contribution in [0.3, 0.4) is 0 Å². The molecule has 2 heterocycles. The normalized spacial score (nSPS) is 13.3.